The van der Waals surface area contributed by atoms with Gasteiger partial charge in [-0.2, -0.15) is 0 Å². The van der Waals surface area contributed by atoms with E-state index < -0.39 is 7.60 Å². The first-order valence-electron chi connectivity index (χ1n) is 10.5. The molecule has 0 fully saturated rings. The predicted molar refractivity (Wildman–Crippen MR) is 120 cm³/mol. The number of aromatic nitrogens is 3. The molecule has 11 heteroatoms. The maximum atomic E-state index is 12.3. The van der Waals surface area contributed by atoms with Crippen LogP contribution in [-0.2, 0) is 41.0 Å². The van der Waals surface area contributed by atoms with Crippen LogP contribution in [0.4, 0.5) is 0 Å². The molecular formula is C21H31N4O6P. The van der Waals surface area contributed by atoms with Gasteiger partial charge in [0.15, 0.2) is 5.78 Å². The third-order valence-electron chi connectivity index (χ3n) is 4.02. The minimum Gasteiger partial charge on any atom is -0.378 e. The summed E-state index contributed by atoms with van der Waals surface area (Å²) in [6.07, 6.45) is 3.54. The first kappa shape index (κ1) is 26.0. The van der Waals surface area contributed by atoms with Crippen molar-refractivity contribution >= 4 is 19.6 Å². The molecule has 0 N–H and O–H groups in total. The number of nitrogens with zero attached hydrogens (tertiary/aromatic N) is 4. The van der Waals surface area contributed by atoms with Crippen molar-refractivity contribution in [1.82, 2.24) is 15.0 Å². The summed E-state index contributed by atoms with van der Waals surface area (Å²) in [6.45, 7) is 5.56. The molecule has 0 saturated heterocycles. The lowest BCUT2D eigenvalue weighted by Crippen LogP contribution is -2.13. The van der Waals surface area contributed by atoms with E-state index >= 15 is 0 Å². The molecule has 2 aromatic rings. The molecule has 1 heterocycles. The van der Waals surface area contributed by atoms with Gasteiger partial charge in [-0.25, -0.2) is 4.68 Å². The van der Waals surface area contributed by atoms with Gasteiger partial charge in [-0.15, -0.1) is 5.10 Å². The average molecular weight is 466 g/mol. The Kier molecular flexibility index (Phi) is 12.0. The fourth-order valence-corrected chi connectivity index (χ4v) is 4.11. The lowest BCUT2D eigenvalue weighted by atomic mass is 10.2. The van der Waals surface area contributed by atoms with Gasteiger partial charge in [-0.05, 0) is 19.4 Å². The Morgan fingerprint density at radius 3 is 2.53 bits per heavy atom. The fourth-order valence-electron chi connectivity index (χ4n) is 2.64. The number of hydrogen-bond acceptors (Lipinski definition) is 9. The first-order valence-corrected chi connectivity index (χ1v) is 12.3. The SMILES string of the molecule is CCOP(=O)(CCOCCOCc1cn(CC(=O)CN=Cc2ccccc2)nn1)OCC. The molecule has 0 radical (unpaired) electrons. The second-order valence-corrected chi connectivity index (χ2v) is 8.85. The number of carbonyl (C=O) groups excluding carboxylic acids is 1. The van der Waals surface area contributed by atoms with Crippen LogP contribution in [-0.4, -0.2) is 72.7 Å². The molecule has 0 saturated carbocycles. The number of hydrogen-bond donors (Lipinski definition) is 0. The van der Waals surface area contributed by atoms with Crippen LogP contribution in [0.25, 0.3) is 0 Å². The van der Waals surface area contributed by atoms with Crippen molar-refractivity contribution in [3.63, 3.8) is 0 Å². The first-order chi connectivity index (χ1) is 15.5. The molecule has 0 amide bonds. The third kappa shape index (κ3) is 10.4. The predicted octanol–water partition coefficient (Wildman–Crippen LogP) is 2.77. The van der Waals surface area contributed by atoms with Crippen LogP contribution in [0.3, 0.4) is 0 Å². The van der Waals surface area contributed by atoms with Crippen molar-refractivity contribution in [2.45, 2.75) is 27.0 Å². The van der Waals surface area contributed by atoms with Crippen molar-refractivity contribution in [2.24, 2.45) is 4.99 Å². The summed E-state index contributed by atoms with van der Waals surface area (Å²) >= 11 is 0. The Morgan fingerprint density at radius 2 is 1.81 bits per heavy atom. The molecule has 176 valence electrons. The van der Waals surface area contributed by atoms with Crippen molar-refractivity contribution in [3.05, 3.63) is 47.8 Å². The van der Waals surface area contributed by atoms with E-state index in [1.165, 1.54) is 4.68 Å². The molecule has 0 spiro atoms. The van der Waals surface area contributed by atoms with Crippen LogP contribution < -0.4 is 0 Å². The van der Waals surface area contributed by atoms with Gasteiger partial charge >= 0.3 is 7.60 Å². The molecule has 0 unspecified atom stereocenters. The highest BCUT2D eigenvalue weighted by molar-refractivity contribution is 7.53. The number of ether oxygens (including phenoxy) is 2. The largest absolute Gasteiger partial charge is 0.378 e. The van der Waals surface area contributed by atoms with Crippen LogP contribution in [0.1, 0.15) is 25.1 Å². The molecule has 32 heavy (non-hydrogen) atoms. The average Bonchev–Trinajstić information content (AvgIpc) is 3.21. The zero-order chi connectivity index (χ0) is 23.1. The highest BCUT2D eigenvalue weighted by Crippen LogP contribution is 2.47. The van der Waals surface area contributed by atoms with E-state index in [-0.39, 0.29) is 38.2 Å². The van der Waals surface area contributed by atoms with Gasteiger partial charge in [-0.3, -0.25) is 14.4 Å². The number of carbonyl (C=O) groups is 1. The van der Waals surface area contributed by atoms with Crippen LogP contribution >= 0.6 is 7.60 Å². The molecule has 1 aromatic carbocycles. The minimum absolute atomic E-state index is 0.0701. The molecule has 2 rings (SSSR count). The Morgan fingerprint density at radius 1 is 1.09 bits per heavy atom. The van der Waals surface area contributed by atoms with Crippen LogP contribution in [0.2, 0.25) is 0 Å². The van der Waals surface area contributed by atoms with Gasteiger partial charge in [0.1, 0.15) is 12.2 Å². The van der Waals surface area contributed by atoms with E-state index in [0.29, 0.717) is 32.1 Å². The quantitative estimate of drug-likeness (QED) is 0.199. The molecule has 0 atom stereocenters. The monoisotopic (exact) mass is 466 g/mol. The normalized spacial score (nSPS) is 11.9. The Bertz CT molecular complexity index is 864. The summed E-state index contributed by atoms with van der Waals surface area (Å²) in [5.41, 5.74) is 1.56. The minimum atomic E-state index is -3.08. The Labute approximate surface area is 188 Å². The molecule has 0 bridgehead atoms. The maximum Gasteiger partial charge on any atom is 0.332 e. The highest BCUT2D eigenvalue weighted by atomic mass is 31.2. The molecule has 0 aliphatic carbocycles. The highest BCUT2D eigenvalue weighted by Gasteiger charge is 2.22. The van der Waals surface area contributed by atoms with Gasteiger partial charge in [-0.1, -0.05) is 35.5 Å². The molecular weight excluding hydrogens is 435 g/mol. The number of rotatable bonds is 17. The van der Waals surface area contributed by atoms with Crippen LogP contribution in [0, 0.1) is 0 Å². The smallest absolute Gasteiger partial charge is 0.332 e. The Balaban J connectivity index is 1.58. The van der Waals surface area contributed by atoms with Gasteiger partial charge < -0.3 is 18.5 Å². The lowest BCUT2D eigenvalue weighted by molar-refractivity contribution is -0.118. The van der Waals surface area contributed by atoms with Gasteiger partial charge in [0.25, 0.3) is 0 Å². The summed E-state index contributed by atoms with van der Waals surface area (Å²) in [7, 11) is -3.08. The van der Waals surface area contributed by atoms with E-state index in [0.717, 1.165) is 5.56 Å². The lowest BCUT2D eigenvalue weighted by Gasteiger charge is -2.16. The van der Waals surface area contributed by atoms with E-state index in [9.17, 15) is 9.36 Å². The maximum absolute atomic E-state index is 12.3. The number of aliphatic imine (C=N–C) groups is 1. The summed E-state index contributed by atoms with van der Waals surface area (Å²) < 4.78 is 35.1. The third-order valence-corrected chi connectivity index (χ3v) is 6.05. The van der Waals surface area contributed by atoms with E-state index in [1.807, 2.05) is 30.3 Å². The topological polar surface area (TPSA) is 114 Å². The second-order valence-electron chi connectivity index (χ2n) is 6.66. The molecule has 10 nitrogen and oxygen atoms in total. The van der Waals surface area contributed by atoms with Gasteiger partial charge in [0.2, 0.25) is 0 Å². The molecule has 1 aromatic heterocycles. The zero-order valence-electron chi connectivity index (χ0n) is 18.6. The Hall–Kier alpha value is -2.23. The van der Waals surface area contributed by atoms with Crippen molar-refractivity contribution in [3.8, 4) is 0 Å². The number of Topliss-reactive ketones (excluding diaryl/α,β-unsaturated/α-hetero) is 1. The van der Waals surface area contributed by atoms with E-state index in [1.54, 1.807) is 26.3 Å². The summed E-state index contributed by atoms with van der Waals surface area (Å²) in [5, 5.41) is 7.93. The van der Waals surface area contributed by atoms with Gasteiger partial charge in [0.05, 0.1) is 58.5 Å². The zero-order valence-corrected chi connectivity index (χ0v) is 19.5. The summed E-state index contributed by atoms with van der Waals surface area (Å²) in [6, 6.07) is 9.59. The van der Waals surface area contributed by atoms with E-state index in [4.69, 9.17) is 18.5 Å². The molecule has 0 aliphatic rings. The number of benzene rings is 1. The van der Waals surface area contributed by atoms with Crippen molar-refractivity contribution < 1.29 is 27.9 Å². The van der Waals surface area contributed by atoms with Crippen LogP contribution in [0.5, 0.6) is 0 Å². The standard InChI is InChI=1S/C21H31N4O6P/c1-3-30-32(27,31-4-2)13-12-28-10-11-29-18-20-16-25(24-23-20)17-21(26)15-22-14-19-8-6-5-7-9-19/h5-9,14,16H,3-4,10-13,15,17-18H2,1-2H3. The number of ketones is 1. The fraction of sp³-hybridized carbons (Fsp3) is 0.524. The summed E-state index contributed by atoms with van der Waals surface area (Å²) in [5.74, 6) is -0.0701. The van der Waals surface area contributed by atoms with E-state index in [2.05, 4.69) is 15.3 Å². The van der Waals surface area contributed by atoms with Crippen molar-refractivity contribution in [2.75, 3.05) is 45.7 Å². The van der Waals surface area contributed by atoms with Crippen LogP contribution in [0.15, 0.2) is 41.5 Å². The van der Waals surface area contributed by atoms with Gasteiger partial charge in [0, 0.05) is 6.21 Å². The summed E-state index contributed by atoms with van der Waals surface area (Å²) in [4.78, 5) is 16.2. The van der Waals surface area contributed by atoms with Crippen molar-refractivity contribution in [1.29, 1.82) is 0 Å². The molecule has 0 aliphatic heterocycles. The second kappa shape index (κ2) is 14.8.